The van der Waals surface area contributed by atoms with Crippen LogP contribution in [0.5, 0.6) is 0 Å². The van der Waals surface area contributed by atoms with Gasteiger partial charge in [-0.3, -0.25) is 0 Å². The van der Waals surface area contributed by atoms with Gasteiger partial charge in [-0.2, -0.15) is 0 Å². The third-order valence-electron chi connectivity index (χ3n) is 4.85. The fraction of sp³-hybridized carbons (Fsp3) is 0.929. The second-order valence-corrected chi connectivity index (χ2v) is 6.00. The van der Waals surface area contributed by atoms with Crippen LogP contribution in [0.1, 0.15) is 38.5 Å². The quantitative estimate of drug-likeness (QED) is 0.769. The molecule has 0 bridgehead atoms. The molecule has 3 fully saturated rings. The number of likely N-dealkylation sites (tertiary alicyclic amines) is 2. The number of carbonyl (C=O) groups is 1. The molecule has 0 aromatic rings. The van der Waals surface area contributed by atoms with Crippen LogP contribution in [-0.4, -0.2) is 54.6 Å². The number of carbonyl (C=O) groups excluding carboxylic acids is 1. The Kier molecular flexibility index (Phi) is 3.73. The van der Waals surface area contributed by atoms with E-state index in [1.165, 1.54) is 45.1 Å². The van der Waals surface area contributed by atoms with Crippen molar-refractivity contribution in [2.45, 2.75) is 44.6 Å². The largest absolute Gasteiger partial charge is 0.325 e. The van der Waals surface area contributed by atoms with Crippen LogP contribution < -0.4 is 5.32 Å². The highest BCUT2D eigenvalue weighted by Gasteiger charge is 2.31. The Labute approximate surface area is 110 Å². The highest BCUT2D eigenvalue weighted by Crippen LogP contribution is 2.26. The second kappa shape index (κ2) is 5.47. The smallest absolute Gasteiger partial charge is 0.319 e. The van der Waals surface area contributed by atoms with E-state index >= 15 is 0 Å². The van der Waals surface area contributed by atoms with Crippen LogP contribution in [0.25, 0.3) is 0 Å². The monoisotopic (exact) mass is 251 g/mol. The van der Waals surface area contributed by atoms with Crippen molar-refractivity contribution in [3.8, 4) is 0 Å². The van der Waals surface area contributed by atoms with Gasteiger partial charge in [0, 0.05) is 32.2 Å². The molecule has 0 saturated carbocycles. The lowest BCUT2D eigenvalue weighted by atomic mass is 9.89. The second-order valence-electron chi connectivity index (χ2n) is 6.00. The topological polar surface area (TPSA) is 35.6 Å². The summed E-state index contributed by atoms with van der Waals surface area (Å²) in [6.07, 6.45) is 7.43. The number of piperidine rings is 1. The molecule has 1 atom stereocenters. The van der Waals surface area contributed by atoms with Crippen molar-refractivity contribution in [1.29, 1.82) is 0 Å². The van der Waals surface area contributed by atoms with E-state index in [0.717, 1.165) is 38.1 Å². The standard InChI is InChI=1S/C14H25N3O/c18-14(16-8-1-2-9-16)17-10-5-12(6-11-17)13-4-3-7-15-13/h12-13,15H,1-11H2. The van der Waals surface area contributed by atoms with Crippen LogP contribution in [0.3, 0.4) is 0 Å². The van der Waals surface area contributed by atoms with E-state index in [9.17, 15) is 4.79 Å². The predicted molar refractivity (Wildman–Crippen MR) is 71.5 cm³/mol. The number of nitrogens with one attached hydrogen (secondary N) is 1. The van der Waals surface area contributed by atoms with E-state index in [-0.39, 0.29) is 0 Å². The van der Waals surface area contributed by atoms with Crippen LogP contribution in [0.2, 0.25) is 0 Å². The molecule has 3 saturated heterocycles. The van der Waals surface area contributed by atoms with Crippen molar-refractivity contribution in [3.05, 3.63) is 0 Å². The summed E-state index contributed by atoms with van der Waals surface area (Å²) < 4.78 is 0. The third-order valence-corrected chi connectivity index (χ3v) is 4.85. The minimum atomic E-state index is 0.297. The lowest BCUT2D eigenvalue weighted by Crippen LogP contribution is -2.47. The first-order valence-corrected chi connectivity index (χ1v) is 7.62. The van der Waals surface area contributed by atoms with Gasteiger partial charge in [0.15, 0.2) is 0 Å². The number of amides is 2. The number of rotatable bonds is 1. The molecule has 0 radical (unpaired) electrons. The number of nitrogens with zero attached hydrogens (tertiary/aromatic N) is 2. The number of urea groups is 1. The molecule has 3 rings (SSSR count). The molecule has 3 aliphatic heterocycles. The maximum Gasteiger partial charge on any atom is 0.319 e. The Hall–Kier alpha value is -0.770. The Morgan fingerprint density at radius 1 is 0.889 bits per heavy atom. The first-order chi connectivity index (χ1) is 8.84. The van der Waals surface area contributed by atoms with E-state index in [2.05, 4.69) is 10.2 Å². The average Bonchev–Trinajstić information content (AvgIpc) is 3.11. The zero-order chi connectivity index (χ0) is 12.4. The van der Waals surface area contributed by atoms with E-state index in [4.69, 9.17) is 0 Å². The molecule has 3 heterocycles. The minimum absolute atomic E-state index is 0.297. The van der Waals surface area contributed by atoms with Crippen molar-refractivity contribution in [1.82, 2.24) is 15.1 Å². The number of hydrogen-bond acceptors (Lipinski definition) is 2. The summed E-state index contributed by atoms with van der Waals surface area (Å²) in [6.45, 7) is 5.08. The molecular formula is C14H25N3O. The summed E-state index contributed by atoms with van der Waals surface area (Å²) in [5.74, 6) is 0.801. The van der Waals surface area contributed by atoms with E-state index in [1.807, 2.05) is 4.90 Å². The van der Waals surface area contributed by atoms with Gasteiger partial charge >= 0.3 is 6.03 Å². The average molecular weight is 251 g/mol. The summed E-state index contributed by atoms with van der Waals surface area (Å²) in [5.41, 5.74) is 0. The van der Waals surface area contributed by atoms with Crippen molar-refractivity contribution in [2.75, 3.05) is 32.7 Å². The first kappa shape index (κ1) is 12.3. The van der Waals surface area contributed by atoms with Gasteiger partial charge in [0.2, 0.25) is 0 Å². The van der Waals surface area contributed by atoms with Gasteiger partial charge in [-0.1, -0.05) is 0 Å². The van der Waals surface area contributed by atoms with Gasteiger partial charge in [-0.15, -0.1) is 0 Å². The molecule has 0 aromatic heterocycles. The van der Waals surface area contributed by atoms with Crippen LogP contribution >= 0.6 is 0 Å². The number of hydrogen-bond donors (Lipinski definition) is 1. The summed E-state index contributed by atoms with van der Waals surface area (Å²) in [5, 5.41) is 3.61. The highest BCUT2D eigenvalue weighted by molar-refractivity contribution is 5.74. The van der Waals surface area contributed by atoms with E-state index in [1.54, 1.807) is 0 Å². The normalized spacial score (nSPS) is 30.1. The maximum atomic E-state index is 12.3. The van der Waals surface area contributed by atoms with Crippen molar-refractivity contribution < 1.29 is 4.79 Å². The molecule has 18 heavy (non-hydrogen) atoms. The molecule has 0 aliphatic carbocycles. The predicted octanol–water partition coefficient (Wildman–Crippen LogP) is 1.67. The molecule has 1 N–H and O–H groups in total. The molecule has 2 amide bonds. The van der Waals surface area contributed by atoms with Crippen LogP contribution in [0.15, 0.2) is 0 Å². The SMILES string of the molecule is O=C(N1CCCC1)N1CCC(C2CCCN2)CC1. The molecule has 3 aliphatic rings. The molecule has 4 heteroatoms. The summed E-state index contributed by atoms with van der Waals surface area (Å²) in [6, 6.07) is 1.03. The molecule has 1 unspecified atom stereocenters. The Balaban J connectivity index is 1.48. The minimum Gasteiger partial charge on any atom is -0.325 e. The van der Waals surface area contributed by atoms with Gasteiger partial charge in [-0.25, -0.2) is 4.79 Å². The fourth-order valence-electron chi connectivity index (χ4n) is 3.72. The highest BCUT2D eigenvalue weighted by atomic mass is 16.2. The van der Waals surface area contributed by atoms with Gasteiger partial charge < -0.3 is 15.1 Å². The zero-order valence-corrected chi connectivity index (χ0v) is 11.2. The lowest BCUT2D eigenvalue weighted by molar-refractivity contribution is 0.133. The van der Waals surface area contributed by atoms with Gasteiger partial charge in [-0.05, 0) is 51.0 Å². The van der Waals surface area contributed by atoms with Crippen molar-refractivity contribution >= 4 is 6.03 Å². The summed E-state index contributed by atoms with van der Waals surface area (Å²) in [7, 11) is 0. The molecule has 102 valence electrons. The van der Waals surface area contributed by atoms with Crippen molar-refractivity contribution in [2.24, 2.45) is 5.92 Å². The third kappa shape index (κ3) is 2.48. The Morgan fingerprint density at radius 3 is 2.17 bits per heavy atom. The molecule has 0 aromatic carbocycles. The summed E-state index contributed by atoms with van der Waals surface area (Å²) in [4.78, 5) is 16.4. The molecule has 0 spiro atoms. The maximum absolute atomic E-state index is 12.3. The fourth-order valence-corrected chi connectivity index (χ4v) is 3.72. The van der Waals surface area contributed by atoms with Gasteiger partial charge in [0.25, 0.3) is 0 Å². The van der Waals surface area contributed by atoms with E-state index in [0.29, 0.717) is 6.03 Å². The molecular weight excluding hydrogens is 226 g/mol. The van der Waals surface area contributed by atoms with Crippen LogP contribution in [0, 0.1) is 5.92 Å². The summed E-state index contributed by atoms with van der Waals surface area (Å²) >= 11 is 0. The van der Waals surface area contributed by atoms with Crippen molar-refractivity contribution in [3.63, 3.8) is 0 Å². The molecule has 4 nitrogen and oxygen atoms in total. The van der Waals surface area contributed by atoms with E-state index < -0.39 is 0 Å². The lowest BCUT2D eigenvalue weighted by Gasteiger charge is -2.36. The first-order valence-electron chi connectivity index (χ1n) is 7.62. The van der Waals surface area contributed by atoms with Crippen LogP contribution in [0.4, 0.5) is 4.79 Å². The van der Waals surface area contributed by atoms with Crippen LogP contribution in [-0.2, 0) is 0 Å². The van der Waals surface area contributed by atoms with Gasteiger partial charge in [0.1, 0.15) is 0 Å². The van der Waals surface area contributed by atoms with Gasteiger partial charge in [0.05, 0.1) is 0 Å². The Morgan fingerprint density at radius 2 is 1.56 bits per heavy atom. The zero-order valence-electron chi connectivity index (χ0n) is 11.2. The Bertz CT molecular complexity index is 287.